The van der Waals surface area contributed by atoms with Crippen molar-refractivity contribution in [3.8, 4) is 5.75 Å². The number of nitrogens with zero attached hydrogens (tertiary/aromatic N) is 4. The van der Waals surface area contributed by atoms with E-state index in [1.54, 1.807) is 0 Å². The van der Waals surface area contributed by atoms with E-state index in [4.69, 9.17) is 21.4 Å². The van der Waals surface area contributed by atoms with Gasteiger partial charge in [0.15, 0.2) is 5.69 Å². The van der Waals surface area contributed by atoms with E-state index < -0.39 is 0 Å². The van der Waals surface area contributed by atoms with Crippen LogP contribution < -0.4 is 4.74 Å². The molecule has 1 aliphatic carbocycles. The minimum absolute atomic E-state index is 0.132. The predicted molar refractivity (Wildman–Crippen MR) is 125 cm³/mol. The maximum atomic E-state index is 13.5. The number of hydrogen-bond donors (Lipinski definition) is 0. The first-order valence-electron chi connectivity index (χ1n) is 12.2. The Labute approximate surface area is 195 Å². The largest absolute Gasteiger partial charge is 0.492 e. The predicted octanol–water partition coefficient (Wildman–Crippen LogP) is 4.32. The number of rotatable bonds is 3. The Morgan fingerprint density at radius 3 is 2.78 bits per heavy atom. The highest BCUT2D eigenvalue weighted by molar-refractivity contribution is 6.30. The molecule has 0 saturated carbocycles. The van der Waals surface area contributed by atoms with Crippen LogP contribution in [-0.4, -0.2) is 57.8 Å². The average Bonchev–Trinajstić information content (AvgIpc) is 2.98. The summed E-state index contributed by atoms with van der Waals surface area (Å²) in [5.74, 6) is 1.07. The van der Waals surface area contributed by atoms with E-state index in [9.17, 15) is 4.79 Å². The van der Waals surface area contributed by atoms with E-state index >= 15 is 0 Å². The van der Waals surface area contributed by atoms with Crippen LogP contribution in [-0.2, 0) is 25.9 Å². The van der Waals surface area contributed by atoms with E-state index in [0.717, 1.165) is 81.2 Å². The van der Waals surface area contributed by atoms with Gasteiger partial charge in [0.25, 0.3) is 5.91 Å². The van der Waals surface area contributed by atoms with Gasteiger partial charge in [-0.3, -0.25) is 14.4 Å². The summed E-state index contributed by atoms with van der Waals surface area (Å²) in [5.41, 5.74) is 4.28. The van der Waals surface area contributed by atoms with Crippen LogP contribution in [0.5, 0.6) is 5.75 Å². The lowest BCUT2D eigenvalue weighted by molar-refractivity contribution is 0.0752. The van der Waals surface area contributed by atoms with Gasteiger partial charge in [-0.05, 0) is 57.2 Å². The van der Waals surface area contributed by atoms with Gasteiger partial charge in [0, 0.05) is 60.6 Å². The lowest BCUT2D eigenvalue weighted by Crippen LogP contribution is -2.41. The second kappa shape index (κ2) is 9.44. The molecule has 2 aliphatic heterocycles. The maximum Gasteiger partial charge on any atom is 0.274 e. The summed E-state index contributed by atoms with van der Waals surface area (Å²) >= 11 is 6.26. The Morgan fingerprint density at radius 1 is 1.19 bits per heavy atom. The summed E-state index contributed by atoms with van der Waals surface area (Å²) in [6.07, 6.45) is 7.55. The fourth-order valence-corrected chi connectivity index (χ4v) is 5.73. The Morgan fingerprint density at radius 2 is 2.00 bits per heavy atom. The quantitative estimate of drug-likeness (QED) is 0.690. The number of likely N-dealkylation sites (tertiary alicyclic amines) is 1. The fourth-order valence-electron chi connectivity index (χ4n) is 5.53. The van der Waals surface area contributed by atoms with Gasteiger partial charge in [-0.15, -0.1) is 0 Å². The highest BCUT2D eigenvalue weighted by Gasteiger charge is 2.34. The molecule has 0 unspecified atom stereocenters. The molecule has 1 aromatic heterocycles. The third kappa shape index (κ3) is 4.27. The number of halogens is 1. The van der Waals surface area contributed by atoms with Crippen LogP contribution in [0.2, 0.25) is 5.02 Å². The van der Waals surface area contributed by atoms with Crippen molar-refractivity contribution in [3.63, 3.8) is 0 Å². The molecule has 3 heterocycles. The molecule has 3 aliphatic rings. The average molecular weight is 457 g/mol. The second-order valence-corrected chi connectivity index (χ2v) is 9.70. The fraction of sp³-hybridized carbons (Fsp3) is 0.600. The third-order valence-corrected chi connectivity index (χ3v) is 7.50. The van der Waals surface area contributed by atoms with Crippen molar-refractivity contribution in [2.45, 2.75) is 71.0 Å². The summed E-state index contributed by atoms with van der Waals surface area (Å²) in [6.45, 7) is 7.02. The van der Waals surface area contributed by atoms with Gasteiger partial charge in [0.1, 0.15) is 12.4 Å². The zero-order valence-corrected chi connectivity index (χ0v) is 19.7. The summed E-state index contributed by atoms with van der Waals surface area (Å²) in [7, 11) is 0. The first-order chi connectivity index (χ1) is 15.6. The molecular formula is C25H33ClN4O2. The molecule has 1 amide bonds. The molecule has 6 nitrogen and oxygen atoms in total. The molecular weight excluding hydrogens is 424 g/mol. The van der Waals surface area contributed by atoms with E-state index in [1.807, 2.05) is 23.1 Å². The highest BCUT2D eigenvalue weighted by atomic mass is 35.5. The minimum atomic E-state index is 0.132. The standard InChI is InChI=1S/C25H33ClN4O2/c1-2-30-22-9-8-20(29-13-14-32-23-10-7-19(26)15-18(23)17-29)16-21(22)24(27-30)25(31)28-11-5-3-4-6-12-28/h7,10,15,20H,2-6,8-9,11-14,16-17H2,1H3/t20-/m1/s1. The molecule has 32 heavy (non-hydrogen) atoms. The summed E-state index contributed by atoms with van der Waals surface area (Å²) in [5, 5.41) is 5.57. The van der Waals surface area contributed by atoms with Gasteiger partial charge in [-0.25, -0.2) is 0 Å². The molecule has 0 bridgehead atoms. The van der Waals surface area contributed by atoms with E-state index in [2.05, 4.69) is 16.5 Å². The Hall–Kier alpha value is -2.05. The van der Waals surface area contributed by atoms with Crippen LogP contribution in [0.3, 0.4) is 0 Å². The monoisotopic (exact) mass is 456 g/mol. The first kappa shape index (κ1) is 21.8. The molecule has 7 heteroatoms. The SMILES string of the molecule is CCn1nc(C(=O)N2CCCCCC2)c2c1CC[C@@H](N1CCOc3ccc(Cl)cc3C1)C2. The number of amides is 1. The van der Waals surface area contributed by atoms with Crippen LogP contribution in [0.15, 0.2) is 18.2 Å². The first-order valence-corrected chi connectivity index (χ1v) is 12.5. The zero-order chi connectivity index (χ0) is 22.1. The van der Waals surface area contributed by atoms with Crippen LogP contribution in [0.25, 0.3) is 0 Å². The molecule has 0 spiro atoms. The molecule has 2 aromatic rings. The summed E-state index contributed by atoms with van der Waals surface area (Å²) in [4.78, 5) is 18.0. The van der Waals surface area contributed by atoms with Crippen molar-refractivity contribution in [3.05, 3.63) is 45.7 Å². The molecule has 0 N–H and O–H groups in total. The number of carbonyl (C=O) groups is 1. The van der Waals surface area contributed by atoms with Crippen molar-refractivity contribution in [2.24, 2.45) is 0 Å². The molecule has 0 radical (unpaired) electrons. The van der Waals surface area contributed by atoms with Gasteiger partial charge in [0.2, 0.25) is 0 Å². The zero-order valence-electron chi connectivity index (χ0n) is 19.0. The number of aryl methyl sites for hydroxylation is 1. The Bertz CT molecular complexity index is 981. The van der Waals surface area contributed by atoms with Gasteiger partial charge in [-0.1, -0.05) is 24.4 Å². The lowest BCUT2D eigenvalue weighted by Gasteiger charge is -2.33. The van der Waals surface area contributed by atoms with Crippen molar-refractivity contribution in [2.75, 3.05) is 26.2 Å². The molecule has 5 rings (SSSR count). The number of benzene rings is 1. The van der Waals surface area contributed by atoms with E-state index in [1.165, 1.54) is 24.1 Å². The molecule has 1 fully saturated rings. The van der Waals surface area contributed by atoms with E-state index in [0.29, 0.717) is 18.3 Å². The maximum absolute atomic E-state index is 13.5. The van der Waals surface area contributed by atoms with Gasteiger partial charge >= 0.3 is 0 Å². The minimum Gasteiger partial charge on any atom is -0.492 e. The molecule has 172 valence electrons. The van der Waals surface area contributed by atoms with Crippen molar-refractivity contribution < 1.29 is 9.53 Å². The number of aromatic nitrogens is 2. The number of carbonyl (C=O) groups excluding carboxylic acids is 1. The van der Waals surface area contributed by atoms with Crippen LogP contribution in [0, 0.1) is 0 Å². The third-order valence-electron chi connectivity index (χ3n) is 7.26. The molecule has 1 saturated heterocycles. The van der Waals surface area contributed by atoms with Gasteiger partial charge in [0.05, 0.1) is 0 Å². The van der Waals surface area contributed by atoms with Gasteiger partial charge < -0.3 is 9.64 Å². The molecule has 1 atom stereocenters. The summed E-state index contributed by atoms with van der Waals surface area (Å²) < 4.78 is 8.06. The van der Waals surface area contributed by atoms with Gasteiger partial charge in [-0.2, -0.15) is 5.10 Å². The van der Waals surface area contributed by atoms with Crippen LogP contribution in [0.1, 0.15) is 66.3 Å². The normalized spacial score (nSPS) is 21.8. The number of hydrogen-bond acceptors (Lipinski definition) is 4. The number of ether oxygens (including phenoxy) is 1. The van der Waals surface area contributed by atoms with Crippen LogP contribution in [0.4, 0.5) is 0 Å². The Balaban J connectivity index is 1.40. The van der Waals surface area contributed by atoms with Crippen molar-refractivity contribution in [1.29, 1.82) is 0 Å². The van der Waals surface area contributed by atoms with Crippen molar-refractivity contribution >= 4 is 17.5 Å². The topological polar surface area (TPSA) is 50.6 Å². The Kier molecular flexibility index (Phi) is 6.42. The second-order valence-electron chi connectivity index (χ2n) is 9.26. The lowest BCUT2D eigenvalue weighted by atomic mass is 9.89. The molecule has 1 aromatic carbocycles. The van der Waals surface area contributed by atoms with Crippen molar-refractivity contribution in [1.82, 2.24) is 19.6 Å². The van der Waals surface area contributed by atoms with E-state index in [-0.39, 0.29) is 5.91 Å². The smallest absolute Gasteiger partial charge is 0.274 e. The number of fused-ring (bicyclic) bond motifs is 2. The van der Waals surface area contributed by atoms with Crippen LogP contribution >= 0.6 is 11.6 Å². The summed E-state index contributed by atoms with van der Waals surface area (Å²) in [6, 6.07) is 6.26. The highest BCUT2D eigenvalue weighted by Crippen LogP contribution is 2.32.